The number of thioether (sulfide) groups is 1. The van der Waals surface area contributed by atoms with Crippen LogP contribution in [0.5, 0.6) is 0 Å². The number of nitrogens with zero attached hydrogens (tertiary/aromatic N) is 2. The molecular weight excluding hydrogens is 419 g/mol. The van der Waals surface area contributed by atoms with Crippen molar-refractivity contribution in [1.29, 1.82) is 0 Å². The van der Waals surface area contributed by atoms with Crippen molar-refractivity contribution in [2.24, 2.45) is 4.99 Å². The van der Waals surface area contributed by atoms with Crippen LogP contribution in [0, 0.1) is 0 Å². The predicted octanol–water partition coefficient (Wildman–Crippen LogP) is 3.32. The van der Waals surface area contributed by atoms with Crippen molar-refractivity contribution in [3.05, 3.63) is 0 Å². The van der Waals surface area contributed by atoms with Crippen molar-refractivity contribution in [2.75, 3.05) is 39.0 Å². The van der Waals surface area contributed by atoms with Crippen LogP contribution in [0.15, 0.2) is 4.99 Å². The Morgan fingerprint density at radius 2 is 2.00 bits per heavy atom. The molecule has 1 saturated heterocycles. The van der Waals surface area contributed by atoms with Crippen LogP contribution in [0.4, 0.5) is 0 Å². The second-order valence-electron chi connectivity index (χ2n) is 6.53. The molecule has 2 atom stereocenters. The summed E-state index contributed by atoms with van der Waals surface area (Å²) in [5.74, 6) is 1.02. The van der Waals surface area contributed by atoms with Gasteiger partial charge in [-0.25, -0.2) is 0 Å². The maximum Gasteiger partial charge on any atom is 0.191 e. The first-order valence-corrected chi connectivity index (χ1v) is 10.4. The molecule has 2 fully saturated rings. The maximum atomic E-state index is 4.76. The van der Waals surface area contributed by atoms with Crippen molar-refractivity contribution < 1.29 is 0 Å². The van der Waals surface area contributed by atoms with Crippen LogP contribution in [0.2, 0.25) is 0 Å². The summed E-state index contributed by atoms with van der Waals surface area (Å²) in [6, 6.07) is 0.611. The van der Waals surface area contributed by atoms with Gasteiger partial charge in [0.15, 0.2) is 5.96 Å². The van der Waals surface area contributed by atoms with Gasteiger partial charge in [-0.15, -0.1) is 24.0 Å². The van der Waals surface area contributed by atoms with Gasteiger partial charge in [0.1, 0.15) is 0 Å². The average Bonchev–Trinajstić information content (AvgIpc) is 3.18. The zero-order chi connectivity index (χ0) is 15.6. The molecule has 1 saturated carbocycles. The zero-order valence-corrected chi connectivity index (χ0v) is 18.0. The summed E-state index contributed by atoms with van der Waals surface area (Å²) in [4.78, 5) is 7.35. The number of hydrogen-bond donors (Lipinski definition) is 2. The summed E-state index contributed by atoms with van der Waals surface area (Å²) in [5, 5.41) is 7.86. The predicted molar refractivity (Wildman–Crippen MR) is 114 cm³/mol. The minimum Gasteiger partial charge on any atom is -0.357 e. The Bertz CT molecular complexity index is 335. The fraction of sp³-hybridized carbons (Fsp3) is 0.941. The molecule has 0 radical (unpaired) electrons. The van der Waals surface area contributed by atoms with E-state index in [1.54, 1.807) is 0 Å². The molecule has 136 valence electrons. The Hall–Kier alpha value is 0.310. The van der Waals surface area contributed by atoms with Gasteiger partial charge in [0, 0.05) is 24.4 Å². The molecule has 0 bridgehead atoms. The lowest BCUT2D eigenvalue weighted by Gasteiger charge is -2.17. The topological polar surface area (TPSA) is 39.7 Å². The Morgan fingerprint density at radius 3 is 2.65 bits per heavy atom. The van der Waals surface area contributed by atoms with Crippen molar-refractivity contribution >= 4 is 41.7 Å². The summed E-state index contributed by atoms with van der Waals surface area (Å²) in [7, 11) is 0. The van der Waals surface area contributed by atoms with Gasteiger partial charge in [0.05, 0.1) is 0 Å². The molecule has 1 aliphatic heterocycles. The molecule has 2 aliphatic rings. The summed E-state index contributed by atoms with van der Waals surface area (Å²) in [6.07, 6.45) is 11.4. The van der Waals surface area contributed by atoms with Crippen LogP contribution >= 0.6 is 35.7 Å². The molecule has 2 rings (SSSR count). The first-order chi connectivity index (χ1) is 10.8. The Kier molecular flexibility index (Phi) is 11.7. The second-order valence-corrected chi connectivity index (χ2v) is 7.67. The van der Waals surface area contributed by atoms with E-state index in [4.69, 9.17) is 4.99 Å². The molecule has 1 aliphatic carbocycles. The highest BCUT2D eigenvalue weighted by Gasteiger charge is 2.24. The molecule has 4 nitrogen and oxygen atoms in total. The monoisotopic (exact) mass is 454 g/mol. The number of nitrogens with one attached hydrogen (secondary N) is 2. The number of unbranched alkanes of at least 4 members (excludes halogenated alkanes) is 1. The molecule has 2 unspecified atom stereocenters. The Balaban J connectivity index is 0.00000264. The van der Waals surface area contributed by atoms with Gasteiger partial charge in [-0.1, -0.05) is 0 Å². The van der Waals surface area contributed by atoms with Gasteiger partial charge in [0.2, 0.25) is 0 Å². The standard InChI is InChI=1S/C17H34N4S.HI/c1-3-18-17(20-15-8-9-16(14-15)22-2)19-10-4-5-11-21-12-6-7-13-21;/h15-16H,3-14H2,1-2H3,(H2,18,19,20);1H. The van der Waals surface area contributed by atoms with Crippen LogP contribution in [-0.4, -0.2) is 61.1 Å². The van der Waals surface area contributed by atoms with Crippen molar-refractivity contribution in [2.45, 2.75) is 63.2 Å². The molecule has 1 heterocycles. The first-order valence-electron chi connectivity index (χ1n) is 9.11. The van der Waals surface area contributed by atoms with Gasteiger partial charge < -0.3 is 15.5 Å². The minimum absolute atomic E-state index is 0. The zero-order valence-electron chi connectivity index (χ0n) is 14.9. The Labute approximate surface area is 164 Å². The third kappa shape index (κ3) is 8.29. The maximum absolute atomic E-state index is 4.76. The second kappa shape index (κ2) is 12.6. The molecule has 0 amide bonds. The molecular formula is C17H35IN4S. The van der Waals surface area contributed by atoms with Gasteiger partial charge >= 0.3 is 0 Å². The fourth-order valence-electron chi connectivity index (χ4n) is 3.44. The van der Waals surface area contributed by atoms with Crippen molar-refractivity contribution in [3.63, 3.8) is 0 Å². The minimum atomic E-state index is 0. The molecule has 0 spiro atoms. The van der Waals surface area contributed by atoms with Crippen LogP contribution in [0.1, 0.15) is 51.9 Å². The number of aliphatic imine (C=N–C) groups is 1. The third-order valence-electron chi connectivity index (χ3n) is 4.75. The van der Waals surface area contributed by atoms with E-state index in [0.29, 0.717) is 6.04 Å². The van der Waals surface area contributed by atoms with Crippen LogP contribution < -0.4 is 10.6 Å². The quantitative estimate of drug-likeness (QED) is 0.256. The number of hydrogen-bond acceptors (Lipinski definition) is 3. The van der Waals surface area contributed by atoms with E-state index in [0.717, 1.165) is 24.3 Å². The highest BCUT2D eigenvalue weighted by molar-refractivity contribution is 14.0. The number of guanidine groups is 1. The van der Waals surface area contributed by atoms with Crippen molar-refractivity contribution in [3.8, 4) is 0 Å². The van der Waals surface area contributed by atoms with E-state index in [-0.39, 0.29) is 24.0 Å². The normalized spacial score (nSPS) is 25.4. The summed E-state index contributed by atoms with van der Waals surface area (Å²) < 4.78 is 0. The number of rotatable bonds is 8. The average molecular weight is 454 g/mol. The lowest BCUT2D eigenvalue weighted by molar-refractivity contribution is 0.331. The van der Waals surface area contributed by atoms with Gasteiger partial charge in [0.25, 0.3) is 0 Å². The molecule has 0 aromatic rings. The summed E-state index contributed by atoms with van der Waals surface area (Å²) in [6.45, 7) is 7.92. The largest absolute Gasteiger partial charge is 0.357 e. The Morgan fingerprint density at radius 1 is 1.22 bits per heavy atom. The molecule has 23 heavy (non-hydrogen) atoms. The van der Waals surface area contributed by atoms with E-state index in [9.17, 15) is 0 Å². The number of likely N-dealkylation sites (tertiary alicyclic amines) is 1. The summed E-state index contributed by atoms with van der Waals surface area (Å²) in [5.41, 5.74) is 0. The van der Waals surface area contributed by atoms with Gasteiger partial charge in [-0.3, -0.25) is 4.99 Å². The smallest absolute Gasteiger partial charge is 0.191 e. The molecule has 0 aromatic carbocycles. The highest BCUT2D eigenvalue weighted by Crippen LogP contribution is 2.27. The molecule has 0 aromatic heterocycles. The SMILES string of the molecule is CCNC(=NCCCCN1CCCC1)NC1CCC(SC)C1.I. The van der Waals surface area contributed by atoms with E-state index in [1.807, 2.05) is 11.8 Å². The van der Waals surface area contributed by atoms with Gasteiger partial charge in [-0.2, -0.15) is 11.8 Å². The lowest BCUT2D eigenvalue weighted by atomic mass is 10.2. The highest BCUT2D eigenvalue weighted by atomic mass is 127. The van der Waals surface area contributed by atoms with Crippen LogP contribution in [0.3, 0.4) is 0 Å². The molecule has 6 heteroatoms. The van der Waals surface area contributed by atoms with Crippen molar-refractivity contribution in [1.82, 2.24) is 15.5 Å². The number of halogens is 1. The summed E-state index contributed by atoms with van der Waals surface area (Å²) >= 11 is 2.01. The van der Waals surface area contributed by atoms with E-state index in [2.05, 4.69) is 28.7 Å². The lowest BCUT2D eigenvalue weighted by Crippen LogP contribution is -2.42. The fourth-order valence-corrected chi connectivity index (χ4v) is 4.24. The van der Waals surface area contributed by atoms with E-state index < -0.39 is 0 Å². The molecule has 2 N–H and O–H groups in total. The first kappa shape index (κ1) is 21.4. The van der Waals surface area contributed by atoms with E-state index in [1.165, 1.54) is 64.6 Å². The van der Waals surface area contributed by atoms with Gasteiger partial charge in [-0.05, 0) is 77.8 Å². The van der Waals surface area contributed by atoms with Crippen LogP contribution in [-0.2, 0) is 0 Å². The van der Waals surface area contributed by atoms with Crippen LogP contribution in [0.25, 0.3) is 0 Å². The van der Waals surface area contributed by atoms with E-state index >= 15 is 0 Å². The third-order valence-corrected chi connectivity index (χ3v) is 5.85.